The quantitative estimate of drug-likeness (QED) is 0.495. The third-order valence-corrected chi connectivity index (χ3v) is 4.87. The molecule has 1 aromatic carbocycles. The van der Waals surface area contributed by atoms with Gasteiger partial charge in [-0.3, -0.25) is 19.7 Å². The van der Waals surface area contributed by atoms with Crippen LogP contribution in [0.25, 0.3) is 0 Å². The molecule has 0 aromatic heterocycles. The highest BCUT2D eigenvalue weighted by Gasteiger charge is 2.39. The van der Waals surface area contributed by atoms with Crippen LogP contribution < -0.4 is 16.4 Å². The Labute approximate surface area is 151 Å². The number of hydrogen-bond acceptors (Lipinski definition) is 6. The minimum absolute atomic E-state index is 0.156. The summed E-state index contributed by atoms with van der Waals surface area (Å²) in [6, 6.07) is 5.02. The molecular formula is C18H24N4O4. The molecule has 1 fully saturated rings. The molecule has 0 aliphatic carbocycles. The van der Waals surface area contributed by atoms with E-state index in [-0.39, 0.29) is 24.8 Å². The van der Waals surface area contributed by atoms with Gasteiger partial charge in [-0.05, 0) is 30.5 Å². The third kappa shape index (κ3) is 3.77. The molecule has 0 radical (unpaired) electrons. The Bertz CT molecular complexity index is 747. The largest absolute Gasteiger partial charge is 0.388 e. The smallest absolute Gasteiger partial charge is 0.255 e. The number of rotatable bonds is 6. The summed E-state index contributed by atoms with van der Waals surface area (Å²) in [5.41, 5.74) is 6.88. The third-order valence-electron chi connectivity index (χ3n) is 4.87. The van der Waals surface area contributed by atoms with Crippen LogP contribution in [0.15, 0.2) is 18.2 Å². The molecule has 26 heavy (non-hydrogen) atoms. The lowest BCUT2D eigenvalue weighted by Crippen LogP contribution is -2.52. The van der Waals surface area contributed by atoms with Gasteiger partial charge in [0.2, 0.25) is 11.8 Å². The molecule has 2 unspecified atom stereocenters. The molecule has 8 heteroatoms. The van der Waals surface area contributed by atoms with Crippen LogP contribution >= 0.6 is 0 Å². The van der Waals surface area contributed by atoms with Crippen LogP contribution in [0.3, 0.4) is 0 Å². The summed E-state index contributed by atoms with van der Waals surface area (Å²) in [6.45, 7) is 3.02. The van der Waals surface area contributed by atoms with Gasteiger partial charge in [0.25, 0.3) is 5.91 Å². The summed E-state index contributed by atoms with van der Waals surface area (Å²) in [5.74, 6) is -0.893. The number of hydrogen-bond donors (Lipinski definition) is 4. The van der Waals surface area contributed by atoms with Crippen molar-refractivity contribution in [2.75, 3.05) is 13.1 Å². The maximum atomic E-state index is 12.7. The highest BCUT2D eigenvalue weighted by molar-refractivity contribution is 6.05. The summed E-state index contributed by atoms with van der Waals surface area (Å²) < 4.78 is 0. The van der Waals surface area contributed by atoms with Gasteiger partial charge in [-0.25, -0.2) is 0 Å². The Kier molecular flexibility index (Phi) is 5.08. The minimum Gasteiger partial charge on any atom is -0.388 e. The van der Waals surface area contributed by atoms with Crippen molar-refractivity contribution in [1.29, 1.82) is 0 Å². The second-order valence-electron chi connectivity index (χ2n) is 7.20. The predicted octanol–water partition coefficient (Wildman–Crippen LogP) is -0.753. The van der Waals surface area contributed by atoms with Crippen molar-refractivity contribution in [1.82, 2.24) is 15.5 Å². The van der Waals surface area contributed by atoms with Crippen molar-refractivity contribution in [3.8, 4) is 0 Å². The second-order valence-corrected chi connectivity index (χ2v) is 7.20. The number of imide groups is 1. The number of aliphatic hydroxyl groups is 1. The van der Waals surface area contributed by atoms with Crippen LogP contribution in [-0.2, 0) is 22.7 Å². The molecule has 140 valence electrons. The molecule has 8 nitrogen and oxygen atoms in total. The number of benzene rings is 1. The Morgan fingerprint density at radius 2 is 2.15 bits per heavy atom. The van der Waals surface area contributed by atoms with E-state index in [4.69, 9.17) is 5.73 Å². The van der Waals surface area contributed by atoms with Crippen molar-refractivity contribution in [3.05, 3.63) is 34.9 Å². The fourth-order valence-electron chi connectivity index (χ4n) is 3.26. The monoisotopic (exact) mass is 360 g/mol. The number of fused-ring (bicyclic) bond motifs is 1. The van der Waals surface area contributed by atoms with Crippen molar-refractivity contribution in [3.63, 3.8) is 0 Å². The van der Waals surface area contributed by atoms with Crippen LogP contribution in [0, 0.1) is 0 Å². The summed E-state index contributed by atoms with van der Waals surface area (Å²) in [6.07, 6.45) is 0.597. The van der Waals surface area contributed by atoms with Gasteiger partial charge < -0.3 is 21.1 Å². The van der Waals surface area contributed by atoms with E-state index in [1.54, 1.807) is 6.92 Å². The molecule has 5 N–H and O–H groups in total. The van der Waals surface area contributed by atoms with Crippen molar-refractivity contribution in [2.45, 2.75) is 44.5 Å². The SMILES string of the molecule is CC(O)(CN)CNCc1ccc2c(c1)C(=O)N(C1CCC(=O)NC1=O)C2. The van der Waals surface area contributed by atoms with Crippen LogP contribution in [0.5, 0.6) is 0 Å². The number of nitrogens with one attached hydrogen (secondary N) is 2. The van der Waals surface area contributed by atoms with Gasteiger partial charge in [-0.1, -0.05) is 12.1 Å². The topological polar surface area (TPSA) is 125 Å². The van der Waals surface area contributed by atoms with Gasteiger partial charge in [0.05, 0.1) is 5.60 Å². The van der Waals surface area contributed by atoms with Crippen molar-refractivity contribution < 1.29 is 19.5 Å². The van der Waals surface area contributed by atoms with Gasteiger partial charge in [0.1, 0.15) is 6.04 Å². The van der Waals surface area contributed by atoms with Gasteiger partial charge in [-0.15, -0.1) is 0 Å². The molecule has 2 heterocycles. The molecule has 2 atom stereocenters. The molecule has 0 bridgehead atoms. The van der Waals surface area contributed by atoms with E-state index in [1.165, 1.54) is 4.90 Å². The predicted molar refractivity (Wildman–Crippen MR) is 93.9 cm³/mol. The average molecular weight is 360 g/mol. The molecular weight excluding hydrogens is 336 g/mol. The van der Waals surface area contributed by atoms with E-state index < -0.39 is 17.6 Å². The van der Waals surface area contributed by atoms with E-state index in [1.807, 2.05) is 18.2 Å². The number of nitrogens with zero attached hydrogens (tertiary/aromatic N) is 1. The Hall–Kier alpha value is -2.29. The first-order chi connectivity index (χ1) is 12.3. The number of nitrogens with two attached hydrogens (primary N) is 1. The van der Waals surface area contributed by atoms with Gasteiger partial charge in [0.15, 0.2) is 0 Å². The van der Waals surface area contributed by atoms with E-state index in [0.29, 0.717) is 31.6 Å². The summed E-state index contributed by atoms with van der Waals surface area (Å²) >= 11 is 0. The minimum atomic E-state index is -0.977. The van der Waals surface area contributed by atoms with E-state index in [2.05, 4.69) is 10.6 Å². The summed E-state index contributed by atoms with van der Waals surface area (Å²) in [5, 5.41) is 15.3. The van der Waals surface area contributed by atoms with Crippen LogP contribution in [-0.4, -0.2) is 52.5 Å². The molecule has 2 aliphatic rings. The Morgan fingerprint density at radius 1 is 1.38 bits per heavy atom. The van der Waals surface area contributed by atoms with Gasteiger partial charge in [0, 0.05) is 38.2 Å². The van der Waals surface area contributed by atoms with Crippen LogP contribution in [0.4, 0.5) is 0 Å². The molecule has 3 amide bonds. The lowest BCUT2D eigenvalue weighted by atomic mass is 10.0. The fraction of sp³-hybridized carbons (Fsp3) is 0.500. The first kappa shape index (κ1) is 18.5. The van der Waals surface area contributed by atoms with Crippen molar-refractivity contribution >= 4 is 17.7 Å². The number of carbonyl (C=O) groups is 3. The maximum absolute atomic E-state index is 12.7. The van der Waals surface area contributed by atoms with E-state index in [0.717, 1.165) is 11.1 Å². The zero-order valence-corrected chi connectivity index (χ0v) is 14.7. The highest BCUT2D eigenvalue weighted by Crippen LogP contribution is 2.28. The average Bonchev–Trinajstić information content (AvgIpc) is 2.91. The lowest BCUT2D eigenvalue weighted by molar-refractivity contribution is -0.136. The second kappa shape index (κ2) is 7.14. The number of piperidine rings is 1. The number of carbonyl (C=O) groups excluding carboxylic acids is 3. The van der Waals surface area contributed by atoms with Crippen molar-refractivity contribution in [2.24, 2.45) is 5.73 Å². The maximum Gasteiger partial charge on any atom is 0.255 e. The van der Waals surface area contributed by atoms with Gasteiger partial charge >= 0.3 is 0 Å². The summed E-state index contributed by atoms with van der Waals surface area (Å²) in [7, 11) is 0. The lowest BCUT2D eigenvalue weighted by Gasteiger charge is -2.29. The standard InChI is InChI=1S/C18H24N4O4/c1-18(26,9-19)10-20-7-11-2-3-12-8-22(17(25)13(12)6-11)14-4-5-15(23)21-16(14)24/h2-3,6,14,20,26H,4-5,7-10,19H2,1H3,(H,21,23,24). The molecule has 1 saturated heterocycles. The normalized spacial score (nSPS) is 22.2. The van der Waals surface area contributed by atoms with Crippen LogP contribution in [0.1, 0.15) is 41.3 Å². The van der Waals surface area contributed by atoms with Crippen LogP contribution in [0.2, 0.25) is 0 Å². The number of amides is 3. The van der Waals surface area contributed by atoms with E-state index >= 15 is 0 Å². The first-order valence-corrected chi connectivity index (χ1v) is 8.70. The Balaban J connectivity index is 1.67. The first-order valence-electron chi connectivity index (χ1n) is 8.70. The molecule has 1 aromatic rings. The summed E-state index contributed by atoms with van der Waals surface area (Å²) in [4.78, 5) is 37.6. The molecule has 3 rings (SSSR count). The zero-order valence-electron chi connectivity index (χ0n) is 14.7. The van der Waals surface area contributed by atoms with E-state index in [9.17, 15) is 19.5 Å². The zero-order chi connectivity index (χ0) is 18.9. The molecule has 2 aliphatic heterocycles. The molecule has 0 spiro atoms. The highest BCUT2D eigenvalue weighted by atomic mass is 16.3. The molecule has 0 saturated carbocycles. The Morgan fingerprint density at radius 3 is 2.85 bits per heavy atom. The fourth-order valence-corrected chi connectivity index (χ4v) is 3.26. The van der Waals surface area contributed by atoms with Gasteiger partial charge in [-0.2, -0.15) is 0 Å².